The Morgan fingerprint density at radius 1 is 1.03 bits per heavy atom. The number of rotatable bonds is 7. The zero-order valence-corrected chi connectivity index (χ0v) is 18.7. The summed E-state index contributed by atoms with van der Waals surface area (Å²) in [5, 5.41) is 3.06. The lowest BCUT2D eigenvalue weighted by Gasteiger charge is -2.31. The highest BCUT2D eigenvalue weighted by Gasteiger charge is 2.33. The van der Waals surface area contributed by atoms with E-state index in [1.165, 1.54) is 0 Å². The summed E-state index contributed by atoms with van der Waals surface area (Å²) >= 11 is 0. The number of benzene rings is 2. The van der Waals surface area contributed by atoms with Gasteiger partial charge in [0.1, 0.15) is 0 Å². The highest BCUT2D eigenvalue weighted by Crippen LogP contribution is 2.39. The van der Waals surface area contributed by atoms with Crippen molar-refractivity contribution in [1.29, 1.82) is 0 Å². The molecule has 7 heteroatoms. The van der Waals surface area contributed by atoms with E-state index in [0.717, 1.165) is 28.9 Å². The summed E-state index contributed by atoms with van der Waals surface area (Å²) in [6, 6.07) is 17.7. The van der Waals surface area contributed by atoms with Crippen molar-refractivity contribution in [2.45, 2.75) is 19.0 Å². The van der Waals surface area contributed by atoms with Crippen LogP contribution in [0.5, 0.6) is 11.5 Å². The van der Waals surface area contributed by atoms with Gasteiger partial charge in [-0.25, -0.2) is 4.79 Å². The number of carbonyl (C=O) groups is 1. The van der Waals surface area contributed by atoms with Gasteiger partial charge in [0.2, 0.25) is 0 Å². The fraction of sp³-hybridized carbons (Fsp3) is 0.320. The Balaban J connectivity index is 1.79. The molecule has 2 aromatic carbocycles. The van der Waals surface area contributed by atoms with E-state index in [9.17, 15) is 4.79 Å². The van der Waals surface area contributed by atoms with Crippen molar-refractivity contribution in [3.8, 4) is 17.2 Å². The molecular weight excluding hydrogens is 406 g/mol. The first-order chi connectivity index (χ1) is 15.7. The van der Waals surface area contributed by atoms with Crippen LogP contribution >= 0.6 is 0 Å². The van der Waals surface area contributed by atoms with Crippen LogP contribution in [0.4, 0.5) is 4.79 Å². The van der Waals surface area contributed by atoms with E-state index in [-0.39, 0.29) is 12.1 Å². The van der Waals surface area contributed by atoms with Crippen LogP contribution in [0.3, 0.4) is 0 Å². The topological polar surface area (TPSA) is 65.0 Å². The van der Waals surface area contributed by atoms with Crippen molar-refractivity contribution in [2.24, 2.45) is 0 Å². The number of nitrogens with zero attached hydrogens (tertiary/aromatic N) is 2. The number of amides is 2. The summed E-state index contributed by atoms with van der Waals surface area (Å²) in [7, 11) is 4.90. The van der Waals surface area contributed by atoms with Crippen LogP contribution in [0.15, 0.2) is 60.8 Å². The van der Waals surface area contributed by atoms with Gasteiger partial charge in [-0.1, -0.05) is 24.3 Å². The molecule has 2 heterocycles. The molecule has 0 spiro atoms. The number of nitrogens with one attached hydrogen (secondary N) is 1. The molecule has 3 aromatic rings. The molecule has 0 saturated heterocycles. The van der Waals surface area contributed by atoms with E-state index in [0.29, 0.717) is 31.2 Å². The molecule has 32 heavy (non-hydrogen) atoms. The van der Waals surface area contributed by atoms with E-state index in [2.05, 4.69) is 28.1 Å². The van der Waals surface area contributed by atoms with Gasteiger partial charge in [-0.3, -0.25) is 0 Å². The Labute approximate surface area is 188 Å². The second kappa shape index (κ2) is 9.78. The summed E-state index contributed by atoms with van der Waals surface area (Å²) in [5.74, 6) is 1.28. The summed E-state index contributed by atoms with van der Waals surface area (Å²) < 4.78 is 18.3. The maximum absolute atomic E-state index is 13.4. The summed E-state index contributed by atoms with van der Waals surface area (Å²) in [6.45, 7) is 1.63. The SMILES string of the molecule is COCCCNC(=O)N1Cc2ccccc2-n2cccc2[C@H]1c1ccc(OC)c(OC)c1. The van der Waals surface area contributed by atoms with Gasteiger partial charge in [-0.15, -0.1) is 0 Å². The Hall–Kier alpha value is -3.45. The summed E-state index contributed by atoms with van der Waals surface area (Å²) in [5.41, 5.74) is 4.12. The number of aromatic nitrogens is 1. The van der Waals surface area contributed by atoms with Crippen molar-refractivity contribution in [3.05, 3.63) is 77.6 Å². The molecule has 0 bridgehead atoms. The third-order valence-electron chi connectivity index (χ3n) is 5.75. The van der Waals surface area contributed by atoms with Gasteiger partial charge in [-0.2, -0.15) is 0 Å². The van der Waals surface area contributed by atoms with Crippen molar-refractivity contribution in [1.82, 2.24) is 14.8 Å². The van der Waals surface area contributed by atoms with Crippen molar-refractivity contribution in [3.63, 3.8) is 0 Å². The maximum atomic E-state index is 13.4. The fourth-order valence-corrected chi connectivity index (χ4v) is 4.23. The quantitative estimate of drug-likeness (QED) is 0.567. The normalized spacial score (nSPS) is 14.8. The Bertz CT molecular complexity index is 1080. The smallest absolute Gasteiger partial charge is 0.318 e. The van der Waals surface area contributed by atoms with Crippen LogP contribution in [0.25, 0.3) is 5.69 Å². The number of methoxy groups -OCH3 is 3. The molecule has 2 amide bonds. The average molecular weight is 436 g/mol. The minimum absolute atomic E-state index is 0.120. The average Bonchev–Trinajstić information content (AvgIpc) is 3.25. The lowest BCUT2D eigenvalue weighted by molar-refractivity contribution is 0.174. The molecule has 1 N–H and O–H groups in total. The van der Waals surface area contributed by atoms with E-state index >= 15 is 0 Å². The zero-order chi connectivity index (χ0) is 22.5. The second-order valence-electron chi connectivity index (χ2n) is 7.65. The van der Waals surface area contributed by atoms with Crippen LogP contribution in [0, 0.1) is 0 Å². The number of carbonyl (C=O) groups excluding carboxylic acids is 1. The van der Waals surface area contributed by atoms with Crippen molar-refractivity contribution < 1.29 is 19.0 Å². The number of hydrogen-bond donors (Lipinski definition) is 1. The van der Waals surface area contributed by atoms with E-state index in [4.69, 9.17) is 14.2 Å². The number of fused-ring (bicyclic) bond motifs is 3. The first kappa shape index (κ1) is 21.8. The minimum Gasteiger partial charge on any atom is -0.493 e. The highest BCUT2D eigenvalue weighted by atomic mass is 16.5. The van der Waals surface area contributed by atoms with Gasteiger partial charge in [0.15, 0.2) is 11.5 Å². The molecule has 0 aliphatic carbocycles. The molecule has 1 aliphatic heterocycles. The standard InChI is InChI=1S/C25H29N3O4/c1-30-15-7-13-26-25(29)28-17-19-8-4-5-9-20(19)27-14-6-10-21(27)24(28)18-11-12-22(31-2)23(16-18)32-3/h4-6,8-12,14,16,24H,7,13,15,17H2,1-3H3,(H,26,29)/t24-/m1/s1. The Morgan fingerprint density at radius 3 is 2.62 bits per heavy atom. The predicted octanol–water partition coefficient (Wildman–Crippen LogP) is 4.15. The zero-order valence-electron chi connectivity index (χ0n) is 18.7. The van der Waals surface area contributed by atoms with Crippen molar-refractivity contribution >= 4 is 6.03 Å². The van der Waals surface area contributed by atoms with Crippen LogP contribution in [-0.2, 0) is 11.3 Å². The van der Waals surface area contributed by atoms with Gasteiger partial charge < -0.3 is 29.0 Å². The molecule has 168 valence electrons. The first-order valence-electron chi connectivity index (χ1n) is 10.7. The maximum Gasteiger partial charge on any atom is 0.318 e. The van der Waals surface area contributed by atoms with Gasteiger partial charge >= 0.3 is 6.03 Å². The molecular formula is C25H29N3O4. The molecule has 4 rings (SSSR count). The van der Waals surface area contributed by atoms with Crippen LogP contribution in [-0.4, -0.2) is 50.0 Å². The van der Waals surface area contributed by atoms with E-state index < -0.39 is 0 Å². The first-order valence-corrected chi connectivity index (χ1v) is 10.7. The summed E-state index contributed by atoms with van der Waals surface area (Å²) in [6.07, 6.45) is 2.80. The third kappa shape index (κ3) is 4.16. The minimum atomic E-state index is -0.306. The van der Waals surface area contributed by atoms with Gasteiger partial charge in [0, 0.05) is 32.2 Å². The van der Waals surface area contributed by atoms with E-state index in [1.807, 2.05) is 47.5 Å². The summed E-state index contributed by atoms with van der Waals surface area (Å²) in [4.78, 5) is 15.3. The lowest BCUT2D eigenvalue weighted by Crippen LogP contribution is -2.42. The molecule has 0 saturated carbocycles. The largest absolute Gasteiger partial charge is 0.493 e. The van der Waals surface area contributed by atoms with Crippen LogP contribution < -0.4 is 14.8 Å². The molecule has 7 nitrogen and oxygen atoms in total. The van der Waals surface area contributed by atoms with Crippen LogP contribution in [0.2, 0.25) is 0 Å². The molecule has 1 aliphatic rings. The van der Waals surface area contributed by atoms with Crippen LogP contribution in [0.1, 0.15) is 29.3 Å². The van der Waals surface area contributed by atoms with Gasteiger partial charge in [0.05, 0.1) is 32.5 Å². The number of ether oxygens (including phenoxy) is 3. The third-order valence-corrected chi connectivity index (χ3v) is 5.75. The van der Waals surface area contributed by atoms with Gasteiger partial charge in [0.25, 0.3) is 0 Å². The fourth-order valence-electron chi connectivity index (χ4n) is 4.23. The number of para-hydroxylation sites is 1. The highest BCUT2D eigenvalue weighted by molar-refractivity contribution is 5.76. The van der Waals surface area contributed by atoms with E-state index in [1.54, 1.807) is 21.3 Å². The number of urea groups is 1. The molecule has 1 atom stereocenters. The predicted molar refractivity (Wildman–Crippen MR) is 123 cm³/mol. The van der Waals surface area contributed by atoms with Crippen molar-refractivity contribution in [2.75, 3.05) is 34.5 Å². The Kier molecular flexibility index (Phi) is 6.66. The molecule has 0 unspecified atom stereocenters. The lowest BCUT2D eigenvalue weighted by atomic mass is 10.0. The second-order valence-corrected chi connectivity index (χ2v) is 7.65. The van der Waals surface area contributed by atoms with Gasteiger partial charge in [-0.05, 0) is 47.9 Å². The Morgan fingerprint density at radius 2 is 1.84 bits per heavy atom. The molecule has 0 fully saturated rings. The molecule has 0 radical (unpaired) electrons. The molecule has 1 aromatic heterocycles. The monoisotopic (exact) mass is 435 g/mol. The number of hydrogen-bond acceptors (Lipinski definition) is 4.